The third kappa shape index (κ3) is 3.75. The highest BCUT2D eigenvalue weighted by Gasteiger charge is 2.22. The normalized spacial score (nSPS) is 12.7. The van der Waals surface area contributed by atoms with Gasteiger partial charge in [0.1, 0.15) is 5.60 Å². The van der Waals surface area contributed by atoms with Crippen LogP contribution in [0, 0.1) is 0 Å². The van der Waals surface area contributed by atoms with Crippen molar-refractivity contribution < 1.29 is 19.4 Å². The van der Waals surface area contributed by atoms with E-state index in [4.69, 9.17) is 4.74 Å². The summed E-state index contributed by atoms with van der Waals surface area (Å²) in [6.07, 6.45) is -0.797. The molecule has 1 atom stereocenters. The summed E-state index contributed by atoms with van der Waals surface area (Å²) in [5, 5.41) is 15.5. The fraction of sp³-hybridized carbons (Fsp3) is 0.294. The second-order valence-electron chi connectivity index (χ2n) is 5.97. The van der Waals surface area contributed by atoms with Crippen molar-refractivity contribution in [1.82, 2.24) is 5.32 Å². The number of alkyl carbamates (subject to hydrolysis) is 1. The molecule has 22 heavy (non-hydrogen) atoms. The summed E-state index contributed by atoms with van der Waals surface area (Å²) >= 11 is 0. The Bertz CT molecular complexity index is 698. The van der Waals surface area contributed by atoms with Gasteiger partial charge in [-0.15, -0.1) is 0 Å². The zero-order valence-electron chi connectivity index (χ0n) is 12.8. The number of hydrogen-bond acceptors (Lipinski definition) is 4. The number of ether oxygens (including phenoxy) is 1. The minimum Gasteiger partial charge on any atom is -0.548 e. The summed E-state index contributed by atoms with van der Waals surface area (Å²) in [7, 11) is 0. The Morgan fingerprint density at radius 2 is 1.73 bits per heavy atom. The van der Waals surface area contributed by atoms with E-state index in [9.17, 15) is 14.7 Å². The molecule has 0 saturated carbocycles. The zero-order chi connectivity index (χ0) is 16.3. The number of rotatable bonds is 3. The number of benzene rings is 2. The summed E-state index contributed by atoms with van der Waals surface area (Å²) in [6, 6.07) is 11.3. The summed E-state index contributed by atoms with van der Waals surface area (Å²) in [5.74, 6) is -1.39. The fourth-order valence-corrected chi connectivity index (χ4v) is 2.19. The number of fused-ring (bicyclic) bond motifs is 1. The highest BCUT2D eigenvalue weighted by atomic mass is 16.6. The highest BCUT2D eigenvalue weighted by molar-refractivity contribution is 5.91. The van der Waals surface area contributed by atoms with Crippen molar-refractivity contribution in [2.45, 2.75) is 32.4 Å². The molecule has 1 amide bonds. The van der Waals surface area contributed by atoms with E-state index in [1.807, 2.05) is 24.3 Å². The van der Waals surface area contributed by atoms with Gasteiger partial charge in [-0.05, 0) is 37.1 Å². The lowest BCUT2D eigenvalue weighted by atomic mass is 9.99. The predicted octanol–water partition coefficient (Wildman–Crippen LogP) is 2.16. The standard InChI is InChI=1S/C17H19NO4/c1-17(2,3)22-16(21)18-14(15(19)20)13-10-6-8-11-7-4-5-9-12(11)13/h4-10,14H,1-3H3,(H,18,21)(H,19,20)/p-1/t14-/m0/s1. The minimum atomic E-state index is -1.39. The Hall–Kier alpha value is -2.56. The molecule has 1 N–H and O–H groups in total. The van der Waals surface area contributed by atoms with Gasteiger partial charge in [-0.1, -0.05) is 42.5 Å². The number of carboxylic acids is 1. The third-order valence-corrected chi connectivity index (χ3v) is 3.03. The Morgan fingerprint density at radius 3 is 2.36 bits per heavy atom. The summed E-state index contributed by atoms with van der Waals surface area (Å²) in [6.45, 7) is 5.12. The van der Waals surface area contributed by atoms with Gasteiger partial charge in [0.2, 0.25) is 0 Å². The Labute approximate surface area is 128 Å². The van der Waals surface area contributed by atoms with Crippen LogP contribution in [0.15, 0.2) is 42.5 Å². The lowest BCUT2D eigenvalue weighted by molar-refractivity contribution is -0.308. The minimum absolute atomic E-state index is 0.462. The summed E-state index contributed by atoms with van der Waals surface area (Å²) in [5.41, 5.74) is -0.247. The van der Waals surface area contributed by atoms with Crippen molar-refractivity contribution in [3.8, 4) is 0 Å². The molecule has 0 aromatic heterocycles. The molecule has 0 aliphatic heterocycles. The molecule has 2 rings (SSSR count). The van der Waals surface area contributed by atoms with Gasteiger partial charge in [0, 0.05) is 0 Å². The van der Waals surface area contributed by atoms with E-state index in [1.165, 1.54) is 0 Å². The van der Waals surface area contributed by atoms with Crippen LogP contribution in [0.1, 0.15) is 32.4 Å². The fourth-order valence-electron chi connectivity index (χ4n) is 2.19. The maximum atomic E-state index is 11.9. The molecule has 2 aromatic rings. The van der Waals surface area contributed by atoms with Crippen LogP contribution in [0.3, 0.4) is 0 Å². The van der Waals surface area contributed by atoms with Crippen LogP contribution in [0.5, 0.6) is 0 Å². The molecular weight excluding hydrogens is 282 g/mol. The van der Waals surface area contributed by atoms with Gasteiger partial charge in [0.15, 0.2) is 0 Å². The van der Waals surface area contributed by atoms with E-state index in [2.05, 4.69) is 5.32 Å². The first kappa shape index (κ1) is 15.8. The Morgan fingerprint density at radius 1 is 1.09 bits per heavy atom. The number of aliphatic carboxylic acids is 1. The van der Waals surface area contributed by atoms with Crippen molar-refractivity contribution in [2.24, 2.45) is 0 Å². The SMILES string of the molecule is CC(C)(C)OC(=O)N[C@H](C(=O)[O-])c1cccc2ccccc12. The summed E-state index contributed by atoms with van der Waals surface area (Å²) < 4.78 is 5.11. The predicted molar refractivity (Wildman–Crippen MR) is 81.1 cm³/mol. The average Bonchev–Trinajstić information content (AvgIpc) is 2.42. The van der Waals surface area contributed by atoms with Gasteiger partial charge in [-0.2, -0.15) is 0 Å². The number of amides is 1. The molecule has 0 radical (unpaired) electrons. The molecule has 5 nitrogen and oxygen atoms in total. The molecule has 0 spiro atoms. The molecule has 0 aliphatic rings. The maximum Gasteiger partial charge on any atom is 0.408 e. The van der Waals surface area contributed by atoms with Crippen molar-refractivity contribution in [3.05, 3.63) is 48.0 Å². The number of nitrogens with one attached hydrogen (secondary N) is 1. The molecule has 0 bridgehead atoms. The second kappa shape index (κ2) is 6.05. The molecule has 2 aromatic carbocycles. The number of hydrogen-bond donors (Lipinski definition) is 1. The van der Waals surface area contributed by atoms with E-state index < -0.39 is 23.7 Å². The van der Waals surface area contributed by atoms with Crippen LogP contribution < -0.4 is 10.4 Å². The van der Waals surface area contributed by atoms with Gasteiger partial charge in [-0.25, -0.2) is 4.79 Å². The van der Waals surface area contributed by atoms with Crippen molar-refractivity contribution in [1.29, 1.82) is 0 Å². The first-order chi connectivity index (χ1) is 10.3. The first-order valence-electron chi connectivity index (χ1n) is 6.96. The lowest BCUT2D eigenvalue weighted by Crippen LogP contribution is -2.43. The van der Waals surface area contributed by atoms with E-state index in [-0.39, 0.29) is 0 Å². The van der Waals surface area contributed by atoms with Gasteiger partial charge in [-0.3, -0.25) is 0 Å². The third-order valence-electron chi connectivity index (χ3n) is 3.03. The number of carboxylic acid groups (broad SMARTS) is 1. The van der Waals surface area contributed by atoms with Crippen LogP contribution in [-0.4, -0.2) is 17.7 Å². The van der Waals surface area contributed by atoms with Gasteiger partial charge < -0.3 is 20.0 Å². The Balaban J connectivity index is 2.35. The largest absolute Gasteiger partial charge is 0.548 e. The second-order valence-corrected chi connectivity index (χ2v) is 5.97. The highest BCUT2D eigenvalue weighted by Crippen LogP contribution is 2.24. The molecule has 116 valence electrons. The monoisotopic (exact) mass is 300 g/mol. The van der Waals surface area contributed by atoms with Crippen molar-refractivity contribution in [3.63, 3.8) is 0 Å². The van der Waals surface area contributed by atoms with Gasteiger partial charge in [0.25, 0.3) is 0 Å². The quantitative estimate of drug-likeness (QED) is 0.942. The van der Waals surface area contributed by atoms with Crippen LogP contribution >= 0.6 is 0 Å². The van der Waals surface area contributed by atoms with E-state index >= 15 is 0 Å². The van der Waals surface area contributed by atoms with Crippen LogP contribution in [0.4, 0.5) is 4.79 Å². The molecule has 0 unspecified atom stereocenters. The average molecular weight is 300 g/mol. The number of carbonyl (C=O) groups is 2. The van der Waals surface area contributed by atoms with Crippen molar-refractivity contribution in [2.75, 3.05) is 0 Å². The molecule has 0 fully saturated rings. The smallest absolute Gasteiger partial charge is 0.408 e. The molecule has 0 aliphatic carbocycles. The van der Waals surface area contributed by atoms with Crippen molar-refractivity contribution >= 4 is 22.8 Å². The first-order valence-corrected chi connectivity index (χ1v) is 6.96. The van der Waals surface area contributed by atoms with E-state index in [1.54, 1.807) is 39.0 Å². The number of carbonyl (C=O) groups excluding carboxylic acids is 2. The molecular formula is C17H18NO4-. The topological polar surface area (TPSA) is 78.5 Å². The Kier molecular flexibility index (Phi) is 4.35. The van der Waals surface area contributed by atoms with E-state index in [0.717, 1.165) is 10.8 Å². The maximum absolute atomic E-state index is 11.9. The van der Waals surface area contributed by atoms with E-state index in [0.29, 0.717) is 5.56 Å². The van der Waals surface area contributed by atoms with Gasteiger partial charge >= 0.3 is 6.09 Å². The van der Waals surface area contributed by atoms with Crippen LogP contribution in [0.2, 0.25) is 0 Å². The summed E-state index contributed by atoms with van der Waals surface area (Å²) in [4.78, 5) is 23.3. The van der Waals surface area contributed by atoms with Crippen LogP contribution in [0.25, 0.3) is 10.8 Å². The van der Waals surface area contributed by atoms with Gasteiger partial charge in [0.05, 0.1) is 12.0 Å². The zero-order valence-corrected chi connectivity index (χ0v) is 12.8. The molecule has 5 heteroatoms. The molecule has 0 saturated heterocycles. The van der Waals surface area contributed by atoms with Crippen LogP contribution in [-0.2, 0) is 9.53 Å². The lowest BCUT2D eigenvalue weighted by Gasteiger charge is -2.25. The molecule has 0 heterocycles.